The molecule has 0 aromatic heterocycles. The molecular weight excluding hydrogens is 238 g/mol. The lowest BCUT2D eigenvalue weighted by Gasteiger charge is -2.58. The molecule has 6 nitrogen and oxygen atoms in total. The SMILES string of the molecule is O=C([O-])CC1[C@@H]2CC3C[C@H]1CC(O[N+](=O)[O-])(C3)C2. The molecule has 100 valence electrons. The van der Waals surface area contributed by atoms with Gasteiger partial charge in [-0.3, -0.25) is 0 Å². The van der Waals surface area contributed by atoms with Crippen molar-refractivity contribution in [1.82, 2.24) is 0 Å². The first-order valence-electron chi connectivity index (χ1n) is 6.51. The molecule has 18 heavy (non-hydrogen) atoms. The van der Waals surface area contributed by atoms with E-state index in [1.807, 2.05) is 0 Å². The maximum Gasteiger partial charge on any atom is 0.295 e. The van der Waals surface area contributed by atoms with Gasteiger partial charge in [0, 0.05) is 5.97 Å². The quantitative estimate of drug-likeness (QED) is 0.539. The van der Waals surface area contributed by atoms with E-state index in [4.69, 9.17) is 4.84 Å². The molecule has 0 aromatic carbocycles. The number of hydrogen-bond donors (Lipinski definition) is 0. The van der Waals surface area contributed by atoms with Crippen molar-refractivity contribution in [2.24, 2.45) is 23.7 Å². The number of carboxylic acids is 1. The van der Waals surface area contributed by atoms with Crippen molar-refractivity contribution in [3.8, 4) is 0 Å². The fourth-order valence-corrected chi connectivity index (χ4v) is 4.85. The second-order valence-electron chi connectivity index (χ2n) is 6.21. The summed E-state index contributed by atoms with van der Waals surface area (Å²) in [6.07, 6.45) is 4.13. The summed E-state index contributed by atoms with van der Waals surface area (Å²) in [6.45, 7) is 0. The first-order valence-corrected chi connectivity index (χ1v) is 6.51. The van der Waals surface area contributed by atoms with Crippen molar-refractivity contribution in [2.75, 3.05) is 0 Å². The molecule has 0 N–H and O–H groups in total. The molecule has 4 bridgehead atoms. The van der Waals surface area contributed by atoms with Crippen LogP contribution in [0.2, 0.25) is 0 Å². The normalized spacial score (nSPS) is 44.9. The van der Waals surface area contributed by atoms with Crippen LogP contribution >= 0.6 is 0 Å². The zero-order valence-electron chi connectivity index (χ0n) is 10.0. The Bertz CT molecular complexity index is 380. The number of hydrogen-bond acceptors (Lipinski definition) is 5. The molecule has 4 aliphatic carbocycles. The van der Waals surface area contributed by atoms with Gasteiger partial charge in [-0.2, -0.15) is 0 Å². The second kappa shape index (κ2) is 3.83. The molecule has 4 fully saturated rings. The summed E-state index contributed by atoms with van der Waals surface area (Å²) in [5.74, 6) is 0.121. The predicted octanol–water partition coefficient (Wildman–Crippen LogP) is 0.530. The van der Waals surface area contributed by atoms with Crippen molar-refractivity contribution in [3.63, 3.8) is 0 Å². The summed E-state index contributed by atoms with van der Waals surface area (Å²) in [4.78, 5) is 26.4. The van der Waals surface area contributed by atoms with Crippen molar-refractivity contribution < 1.29 is 19.8 Å². The van der Waals surface area contributed by atoms with Crippen molar-refractivity contribution in [1.29, 1.82) is 0 Å². The molecule has 4 saturated carbocycles. The van der Waals surface area contributed by atoms with Gasteiger partial charge in [0.05, 0.1) is 0 Å². The molecule has 6 heteroatoms. The second-order valence-corrected chi connectivity index (χ2v) is 6.21. The largest absolute Gasteiger partial charge is 0.550 e. The van der Waals surface area contributed by atoms with Crippen LogP contribution in [-0.2, 0) is 9.63 Å². The van der Waals surface area contributed by atoms with E-state index in [0.717, 1.165) is 19.3 Å². The van der Waals surface area contributed by atoms with Crippen LogP contribution in [0.4, 0.5) is 0 Å². The molecule has 0 aliphatic heterocycles. The Labute approximate surface area is 104 Å². The molecule has 0 amide bonds. The maximum absolute atomic E-state index is 10.8. The standard InChI is InChI=1S/C12H17NO5/c14-11(15)3-10-8-1-7-2-9(10)6-12(4-7,5-8)18-13(16)17/h7-10H,1-6H2,(H,14,15)/p-1/t7?,8-,9+,10?,12?. The smallest absolute Gasteiger partial charge is 0.295 e. The summed E-state index contributed by atoms with van der Waals surface area (Å²) in [5.41, 5.74) is -0.623. The zero-order valence-corrected chi connectivity index (χ0v) is 10.0. The van der Waals surface area contributed by atoms with E-state index in [1.54, 1.807) is 0 Å². The molecular formula is C12H16NO5-. The highest BCUT2D eigenvalue weighted by Crippen LogP contribution is 2.60. The summed E-state index contributed by atoms with van der Waals surface area (Å²) < 4.78 is 0. The van der Waals surface area contributed by atoms with Crippen LogP contribution in [0, 0.1) is 33.8 Å². The Balaban J connectivity index is 1.79. The highest BCUT2D eigenvalue weighted by Gasteiger charge is 2.57. The van der Waals surface area contributed by atoms with Crippen molar-refractivity contribution in [2.45, 2.75) is 44.1 Å². The Morgan fingerprint density at radius 1 is 1.28 bits per heavy atom. The van der Waals surface area contributed by atoms with Gasteiger partial charge in [-0.15, -0.1) is 10.1 Å². The lowest BCUT2D eigenvalue weighted by Crippen LogP contribution is -2.57. The van der Waals surface area contributed by atoms with Gasteiger partial charge in [-0.25, -0.2) is 0 Å². The number of carbonyl (C=O) groups is 1. The highest BCUT2D eigenvalue weighted by molar-refractivity contribution is 5.64. The molecule has 0 saturated heterocycles. The van der Waals surface area contributed by atoms with Gasteiger partial charge in [0.25, 0.3) is 5.09 Å². The summed E-state index contributed by atoms with van der Waals surface area (Å²) in [6, 6.07) is 0. The van der Waals surface area contributed by atoms with E-state index < -0.39 is 16.7 Å². The highest BCUT2D eigenvalue weighted by atomic mass is 17.0. The monoisotopic (exact) mass is 254 g/mol. The van der Waals surface area contributed by atoms with E-state index >= 15 is 0 Å². The third kappa shape index (κ3) is 1.83. The summed E-state index contributed by atoms with van der Waals surface area (Å²) in [7, 11) is 0. The van der Waals surface area contributed by atoms with E-state index in [0.29, 0.717) is 18.8 Å². The predicted molar refractivity (Wildman–Crippen MR) is 57.5 cm³/mol. The van der Waals surface area contributed by atoms with Crippen LogP contribution in [0.15, 0.2) is 0 Å². The minimum atomic E-state index is -1.00. The Morgan fingerprint density at radius 2 is 1.89 bits per heavy atom. The van der Waals surface area contributed by atoms with Crippen LogP contribution in [0.1, 0.15) is 38.5 Å². The molecule has 4 aliphatic rings. The van der Waals surface area contributed by atoms with E-state index in [1.165, 1.54) is 0 Å². The molecule has 4 rings (SSSR count). The fourth-order valence-electron chi connectivity index (χ4n) is 4.85. The van der Waals surface area contributed by atoms with Crippen molar-refractivity contribution in [3.05, 3.63) is 10.1 Å². The zero-order chi connectivity index (χ0) is 12.9. The van der Waals surface area contributed by atoms with Crippen LogP contribution in [-0.4, -0.2) is 16.7 Å². The van der Waals surface area contributed by atoms with Crippen LogP contribution in [0.25, 0.3) is 0 Å². The van der Waals surface area contributed by atoms with Gasteiger partial charge >= 0.3 is 0 Å². The first kappa shape index (κ1) is 11.7. The van der Waals surface area contributed by atoms with Gasteiger partial charge < -0.3 is 14.7 Å². The first-order chi connectivity index (χ1) is 8.47. The molecule has 0 spiro atoms. The van der Waals surface area contributed by atoms with Gasteiger partial charge in [-0.05, 0) is 62.2 Å². The van der Waals surface area contributed by atoms with Gasteiger partial charge in [0.1, 0.15) is 5.60 Å². The van der Waals surface area contributed by atoms with Crippen LogP contribution in [0.3, 0.4) is 0 Å². The lowest BCUT2D eigenvalue weighted by atomic mass is 9.49. The third-order valence-corrected chi connectivity index (χ3v) is 5.08. The molecule has 0 radical (unpaired) electrons. The van der Waals surface area contributed by atoms with Gasteiger partial charge in [0.15, 0.2) is 0 Å². The van der Waals surface area contributed by atoms with Gasteiger partial charge in [0.2, 0.25) is 0 Å². The minimum absolute atomic E-state index is 0.0938. The number of nitrogens with zero attached hydrogens (tertiary/aromatic N) is 1. The van der Waals surface area contributed by atoms with Crippen molar-refractivity contribution >= 4 is 5.97 Å². The average molecular weight is 254 g/mol. The molecule has 0 heterocycles. The molecule has 5 atom stereocenters. The summed E-state index contributed by atoms with van der Waals surface area (Å²) >= 11 is 0. The maximum atomic E-state index is 10.8. The fraction of sp³-hybridized carbons (Fsp3) is 0.917. The van der Waals surface area contributed by atoms with Crippen LogP contribution in [0.5, 0.6) is 0 Å². The number of aliphatic carboxylic acids is 1. The Morgan fingerprint density at radius 3 is 2.39 bits per heavy atom. The third-order valence-electron chi connectivity index (χ3n) is 5.08. The summed E-state index contributed by atoms with van der Waals surface area (Å²) in [5, 5.41) is 20.7. The van der Waals surface area contributed by atoms with E-state index in [9.17, 15) is 20.0 Å². The average Bonchev–Trinajstić information content (AvgIpc) is 2.20. The van der Waals surface area contributed by atoms with E-state index in [2.05, 4.69) is 0 Å². The number of rotatable bonds is 4. The van der Waals surface area contributed by atoms with E-state index in [-0.39, 0.29) is 24.2 Å². The lowest BCUT2D eigenvalue weighted by molar-refractivity contribution is -0.785. The Kier molecular flexibility index (Phi) is 2.50. The molecule has 3 unspecified atom stereocenters. The molecule has 0 aromatic rings. The number of carbonyl (C=O) groups excluding carboxylic acids is 1. The number of carboxylic acid groups (broad SMARTS) is 1. The van der Waals surface area contributed by atoms with Crippen LogP contribution < -0.4 is 5.11 Å². The minimum Gasteiger partial charge on any atom is -0.550 e. The van der Waals surface area contributed by atoms with Gasteiger partial charge in [-0.1, -0.05) is 0 Å². The Hall–Kier alpha value is -1.33. The topological polar surface area (TPSA) is 92.5 Å².